The van der Waals surface area contributed by atoms with E-state index in [2.05, 4.69) is 39.0 Å². The van der Waals surface area contributed by atoms with Gasteiger partial charge in [-0.2, -0.15) is 11.3 Å². The van der Waals surface area contributed by atoms with Gasteiger partial charge in [0.15, 0.2) is 0 Å². The summed E-state index contributed by atoms with van der Waals surface area (Å²) in [6.07, 6.45) is 3.53. The summed E-state index contributed by atoms with van der Waals surface area (Å²) in [4.78, 5) is 8.32. The molecule has 2 heterocycles. The third-order valence-corrected chi connectivity index (χ3v) is 2.93. The molecule has 2 aromatic heterocycles. The molecule has 2 rings (SSSR count). The average molecular weight is 219 g/mol. The third-order valence-electron chi connectivity index (χ3n) is 2.23. The maximum Gasteiger partial charge on any atom is 0.141 e. The van der Waals surface area contributed by atoms with E-state index in [4.69, 9.17) is 0 Å². The fraction of sp³-hybridized carbons (Fsp3) is 0.273. The van der Waals surface area contributed by atoms with Gasteiger partial charge in [0.25, 0.3) is 0 Å². The van der Waals surface area contributed by atoms with Gasteiger partial charge in [-0.1, -0.05) is 0 Å². The minimum atomic E-state index is 0.347. The zero-order valence-electron chi connectivity index (χ0n) is 8.55. The van der Waals surface area contributed by atoms with E-state index in [9.17, 15) is 0 Å². The normalized spacial score (nSPS) is 12.6. The maximum absolute atomic E-state index is 4.16. The van der Waals surface area contributed by atoms with Crippen molar-refractivity contribution in [3.8, 4) is 0 Å². The Morgan fingerprint density at radius 3 is 2.87 bits per heavy atom. The maximum atomic E-state index is 4.16. The van der Waals surface area contributed by atoms with Gasteiger partial charge in [0.1, 0.15) is 5.82 Å². The van der Waals surface area contributed by atoms with Crippen LogP contribution in [0.25, 0.3) is 0 Å². The number of hydrogen-bond acceptors (Lipinski definition) is 4. The van der Waals surface area contributed by atoms with E-state index in [0.29, 0.717) is 12.6 Å². The largest absolute Gasteiger partial charge is 0.303 e. The highest BCUT2D eigenvalue weighted by atomic mass is 32.1. The fourth-order valence-corrected chi connectivity index (χ4v) is 2.06. The molecule has 0 fully saturated rings. The van der Waals surface area contributed by atoms with Gasteiger partial charge in [-0.15, -0.1) is 0 Å². The summed E-state index contributed by atoms with van der Waals surface area (Å²) >= 11 is 1.72. The van der Waals surface area contributed by atoms with Crippen LogP contribution in [0.5, 0.6) is 0 Å². The Bertz CT molecular complexity index is 385. The lowest BCUT2D eigenvalue weighted by molar-refractivity contribution is 0.560. The number of nitrogens with zero attached hydrogens (tertiary/aromatic N) is 2. The molecular weight excluding hydrogens is 206 g/mol. The molecule has 1 N–H and O–H groups in total. The van der Waals surface area contributed by atoms with E-state index >= 15 is 0 Å². The first kappa shape index (κ1) is 10.3. The summed E-state index contributed by atoms with van der Waals surface area (Å²) in [5.41, 5.74) is 1.32. The zero-order valence-corrected chi connectivity index (χ0v) is 9.37. The molecule has 0 aromatic carbocycles. The van der Waals surface area contributed by atoms with Crippen molar-refractivity contribution in [2.45, 2.75) is 19.5 Å². The highest BCUT2D eigenvalue weighted by molar-refractivity contribution is 7.07. The minimum absolute atomic E-state index is 0.347. The van der Waals surface area contributed by atoms with Gasteiger partial charge in [-0.25, -0.2) is 9.97 Å². The molecule has 0 amide bonds. The molecule has 3 nitrogen and oxygen atoms in total. The van der Waals surface area contributed by atoms with Gasteiger partial charge in [0.05, 0.1) is 6.54 Å². The summed E-state index contributed by atoms with van der Waals surface area (Å²) in [5.74, 6) is 0.833. The van der Waals surface area contributed by atoms with Crippen LogP contribution in [0.2, 0.25) is 0 Å². The Morgan fingerprint density at radius 1 is 1.40 bits per heavy atom. The minimum Gasteiger partial charge on any atom is -0.303 e. The second-order valence-corrected chi connectivity index (χ2v) is 4.10. The highest BCUT2D eigenvalue weighted by Gasteiger charge is 2.05. The van der Waals surface area contributed by atoms with Crippen LogP contribution in [-0.4, -0.2) is 9.97 Å². The molecule has 0 saturated carbocycles. The topological polar surface area (TPSA) is 37.8 Å². The number of rotatable bonds is 4. The molecule has 78 valence electrons. The van der Waals surface area contributed by atoms with Crippen LogP contribution in [0, 0.1) is 0 Å². The Kier molecular flexibility index (Phi) is 3.42. The van der Waals surface area contributed by atoms with Crippen LogP contribution in [0.15, 0.2) is 35.3 Å². The molecule has 1 atom stereocenters. The first-order chi connectivity index (χ1) is 7.36. The molecule has 0 aliphatic heterocycles. The van der Waals surface area contributed by atoms with E-state index in [1.165, 1.54) is 5.56 Å². The Labute approximate surface area is 93.2 Å². The smallest absolute Gasteiger partial charge is 0.141 e. The molecular formula is C11H13N3S. The first-order valence-corrected chi connectivity index (χ1v) is 5.82. The van der Waals surface area contributed by atoms with E-state index in [-0.39, 0.29) is 0 Å². The summed E-state index contributed by atoms with van der Waals surface area (Å²) < 4.78 is 0. The Balaban J connectivity index is 1.89. The van der Waals surface area contributed by atoms with E-state index in [1.807, 2.05) is 6.07 Å². The quantitative estimate of drug-likeness (QED) is 0.858. The Hall–Kier alpha value is -1.26. The van der Waals surface area contributed by atoms with Gasteiger partial charge < -0.3 is 5.32 Å². The third kappa shape index (κ3) is 2.84. The van der Waals surface area contributed by atoms with E-state index < -0.39 is 0 Å². The number of hydrogen-bond donors (Lipinski definition) is 1. The molecule has 15 heavy (non-hydrogen) atoms. The number of nitrogens with one attached hydrogen (secondary N) is 1. The number of thiophene rings is 1. The summed E-state index contributed by atoms with van der Waals surface area (Å²) in [7, 11) is 0. The van der Waals surface area contributed by atoms with Crippen molar-refractivity contribution >= 4 is 11.3 Å². The van der Waals surface area contributed by atoms with Crippen LogP contribution in [0.1, 0.15) is 24.4 Å². The standard InChI is InChI=1S/C11H13N3S/c1-9(10-3-6-15-8-10)14-7-11-12-4-2-5-13-11/h2-6,8-9,14H,7H2,1H3. The summed E-state index contributed by atoms with van der Waals surface area (Å²) in [6.45, 7) is 2.85. The van der Waals surface area contributed by atoms with Crippen LogP contribution < -0.4 is 5.32 Å². The van der Waals surface area contributed by atoms with Gasteiger partial charge in [0, 0.05) is 18.4 Å². The molecule has 0 radical (unpaired) electrons. The molecule has 0 saturated heterocycles. The molecule has 1 unspecified atom stereocenters. The second-order valence-electron chi connectivity index (χ2n) is 3.32. The predicted octanol–water partition coefficient (Wildman–Crippen LogP) is 2.39. The van der Waals surface area contributed by atoms with Crippen LogP contribution in [0.4, 0.5) is 0 Å². The SMILES string of the molecule is CC(NCc1ncccn1)c1ccsc1. The van der Waals surface area contributed by atoms with Crippen LogP contribution >= 0.6 is 11.3 Å². The highest BCUT2D eigenvalue weighted by Crippen LogP contribution is 2.15. The van der Waals surface area contributed by atoms with Gasteiger partial charge in [0.2, 0.25) is 0 Å². The van der Waals surface area contributed by atoms with Gasteiger partial charge in [-0.3, -0.25) is 0 Å². The first-order valence-electron chi connectivity index (χ1n) is 4.87. The Morgan fingerprint density at radius 2 is 2.20 bits per heavy atom. The second kappa shape index (κ2) is 5.00. The van der Waals surface area contributed by atoms with E-state index in [1.54, 1.807) is 23.7 Å². The lowest BCUT2D eigenvalue weighted by Gasteiger charge is -2.11. The van der Waals surface area contributed by atoms with Crippen molar-refractivity contribution in [1.29, 1.82) is 0 Å². The molecule has 4 heteroatoms. The average Bonchev–Trinajstić information content (AvgIpc) is 2.81. The van der Waals surface area contributed by atoms with E-state index in [0.717, 1.165) is 5.82 Å². The van der Waals surface area contributed by atoms with Crippen molar-refractivity contribution < 1.29 is 0 Å². The van der Waals surface area contributed by atoms with Gasteiger partial charge in [-0.05, 0) is 35.4 Å². The monoisotopic (exact) mass is 219 g/mol. The van der Waals surface area contributed by atoms with Crippen molar-refractivity contribution in [1.82, 2.24) is 15.3 Å². The van der Waals surface area contributed by atoms with Crippen molar-refractivity contribution in [2.75, 3.05) is 0 Å². The van der Waals surface area contributed by atoms with Crippen molar-refractivity contribution in [3.63, 3.8) is 0 Å². The fourth-order valence-electron chi connectivity index (χ4n) is 1.30. The van der Waals surface area contributed by atoms with Crippen LogP contribution in [-0.2, 0) is 6.54 Å². The number of aromatic nitrogens is 2. The summed E-state index contributed by atoms with van der Waals surface area (Å²) in [6, 6.07) is 4.31. The lowest BCUT2D eigenvalue weighted by Crippen LogP contribution is -2.18. The molecule has 2 aromatic rings. The van der Waals surface area contributed by atoms with Crippen molar-refractivity contribution in [3.05, 3.63) is 46.7 Å². The predicted molar refractivity (Wildman–Crippen MR) is 61.6 cm³/mol. The van der Waals surface area contributed by atoms with Crippen molar-refractivity contribution in [2.24, 2.45) is 0 Å². The molecule has 0 spiro atoms. The molecule has 0 aliphatic carbocycles. The van der Waals surface area contributed by atoms with Crippen LogP contribution in [0.3, 0.4) is 0 Å². The summed E-state index contributed by atoms with van der Waals surface area (Å²) in [5, 5.41) is 7.63. The molecule has 0 aliphatic rings. The zero-order chi connectivity index (χ0) is 10.5. The van der Waals surface area contributed by atoms with Gasteiger partial charge >= 0.3 is 0 Å². The lowest BCUT2D eigenvalue weighted by atomic mass is 10.2. The molecule has 0 bridgehead atoms.